The van der Waals surface area contributed by atoms with Crippen LogP contribution in [0.1, 0.15) is 0 Å². The van der Waals surface area contributed by atoms with Crippen LogP contribution >= 0.6 is 11.6 Å². The van der Waals surface area contributed by atoms with E-state index in [1.807, 2.05) is 0 Å². The maximum atomic E-state index is 11.9. The molecule has 0 spiro atoms. The molecule has 0 aromatic heterocycles. The van der Waals surface area contributed by atoms with Crippen molar-refractivity contribution in [1.82, 2.24) is 10.2 Å². The van der Waals surface area contributed by atoms with Crippen molar-refractivity contribution in [2.75, 3.05) is 44.2 Å². The van der Waals surface area contributed by atoms with Crippen molar-refractivity contribution in [3.63, 3.8) is 0 Å². The molecule has 2 aliphatic heterocycles. The average molecular weight is 340 g/mol. The third-order valence-corrected chi connectivity index (χ3v) is 4.03. The van der Waals surface area contributed by atoms with Gasteiger partial charge in [-0.3, -0.25) is 4.90 Å². The van der Waals surface area contributed by atoms with Crippen LogP contribution in [0.2, 0.25) is 5.02 Å². The largest absolute Gasteiger partial charge is 0.445 e. The molecule has 1 aromatic carbocycles. The van der Waals surface area contributed by atoms with E-state index in [1.54, 1.807) is 29.2 Å². The Hall–Kier alpha value is -1.99. The number of amides is 2. The van der Waals surface area contributed by atoms with Crippen LogP contribution in [0.3, 0.4) is 0 Å². The van der Waals surface area contributed by atoms with Crippen molar-refractivity contribution in [3.8, 4) is 0 Å². The lowest BCUT2D eigenvalue weighted by molar-refractivity contribution is 0.0518. The standard InChI is InChI=1S/C15H18ClN3O4/c16-11-1-3-12(4-2-11)19-9-13(23-15(19)21)10-22-14(20)18-7-5-17-6-8-18/h1-4,13,17H,5-10H2. The molecule has 0 radical (unpaired) electrons. The minimum Gasteiger partial charge on any atom is -0.445 e. The minimum atomic E-state index is -0.468. The fourth-order valence-electron chi connectivity index (χ4n) is 2.54. The number of carbonyl (C=O) groups is 2. The second-order valence-corrected chi connectivity index (χ2v) is 5.84. The predicted octanol–water partition coefficient (Wildman–Crippen LogP) is 1.71. The van der Waals surface area contributed by atoms with Gasteiger partial charge in [0.1, 0.15) is 6.61 Å². The first-order chi connectivity index (χ1) is 11.1. The van der Waals surface area contributed by atoms with E-state index in [0.29, 0.717) is 30.3 Å². The van der Waals surface area contributed by atoms with Gasteiger partial charge in [-0.1, -0.05) is 11.6 Å². The lowest BCUT2D eigenvalue weighted by atomic mass is 10.3. The summed E-state index contributed by atoms with van der Waals surface area (Å²) in [5.41, 5.74) is 0.704. The van der Waals surface area contributed by atoms with Crippen molar-refractivity contribution < 1.29 is 19.1 Å². The molecule has 8 heteroatoms. The van der Waals surface area contributed by atoms with E-state index < -0.39 is 12.2 Å². The summed E-state index contributed by atoms with van der Waals surface area (Å²) in [4.78, 5) is 27.0. The van der Waals surface area contributed by atoms with Crippen LogP contribution in [0, 0.1) is 0 Å². The molecular formula is C15H18ClN3O4. The molecule has 3 rings (SSSR count). The number of anilines is 1. The number of nitrogens with zero attached hydrogens (tertiary/aromatic N) is 2. The Morgan fingerprint density at radius 3 is 2.70 bits per heavy atom. The van der Waals surface area contributed by atoms with Crippen molar-refractivity contribution >= 4 is 29.5 Å². The average Bonchev–Trinajstić information content (AvgIpc) is 2.95. The van der Waals surface area contributed by atoms with E-state index in [1.165, 1.54) is 4.90 Å². The molecule has 2 fully saturated rings. The van der Waals surface area contributed by atoms with Gasteiger partial charge in [-0.15, -0.1) is 0 Å². The van der Waals surface area contributed by atoms with Gasteiger partial charge < -0.3 is 19.7 Å². The van der Waals surface area contributed by atoms with E-state index in [9.17, 15) is 9.59 Å². The summed E-state index contributed by atoms with van der Waals surface area (Å²) < 4.78 is 10.5. The molecule has 0 saturated carbocycles. The fourth-order valence-corrected chi connectivity index (χ4v) is 2.67. The van der Waals surface area contributed by atoms with E-state index in [2.05, 4.69) is 5.32 Å². The van der Waals surface area contributed by atoms with Crippen molar-refractivity contribution in [1.29, 1.82) is 0 Å². The lowest BCUT2D eigenvalue weighted by Gasteiger charge is -2.26. The number of rotatable bonds is 3. The van der Waals surface area contributed by atoms with Gasteiger partial charge in [0.15, 0.2) is 6.10 Å². The van der Waals surface area contributed by atoms with Gasteiger partial charge in [-0.25, -0.2) is 9.59 Å². The molecule has 23 heavy (non-hydrogen) atoms. The summed E-state index contributed by atoms with van der Waals surface area (Å²) in [6, 6.07) is 6.92. The van der Waals surface area contributed by atoms with E-state index in [4.69, 9.17) is 21.1 Å². The number of hydrogen-bond acceptors (Lipinski definition) is 5. The van der Waals surface area contributed by atoms with Gasteiger partial charge in [0, 0.05) is 36.9 Å². The topological polar surface area (TPSA) is 71.1 Å². The molecule has 2 heterocycles. The number of ether oxygens (including phenoxy) is 2. The maximum Gasteiger partial charge on any atom is 0.414 e. The number of carbonyl (C=O) groups excluding carboxylic acids is 2. The summed E-state index contributed by atoms with van der Waals surface area (Å²) in [6.07, 6.45) is -1.28. The second kappa shape index (κ2) is 7.06. The molecule has 2 aliphatic rings. The molecule has 2 saturated heterocycles. The third-order valence-electron chi connectivity index (χ3n) is 3.78. The minimum absolute atomic E-state index is 0.0542. The number of hydrogen-bond donors (Lipinski definition) is 1. The third kappa shape index (κ3) is 3.86. The highest BCUT2D eigenvalue weighted by atomic mass is 35.5. The molecule has 1 N–H and O–H groups in total. The summed E-state index contributed by atoms with van der Waals surface area (Å²) in [7, 11) is 0. The summed E-state index contributed by atoms with van der Waals surface area (Å²) >= 11 is 5.84. The first-order valence-corrected chi connectivity index (χ1v) is 7.87. The molecule has 1 aromatic rings. The fraction of sp³-hybridized carbons (Fsp3) is 0.467. The Balaban J connectivity index is 1.51. The van der Waals surface area contributed by atoms with Crippen LogP contribution < -0.4 is 10.2 Å². The number of nitrogens with one attached hydrogen (secondary N) is 1. The Kier molecular flexibility index (Phi) is 4.88. The normalized spacial score (nSPS) is 21.3. The molecule has 0 aliphatic carbocycles. The highest BCUT2D eigenvalue weighted by Crippen LogP contribution is 2.23. The van der Waals surface area contributed by atoms with Gasteiger partial charge >= 0.3 is 12.2 Å². The van der Waals surface area contributed by atoms with Crippen LogP contribution in [0.25, 0.3) is 0 Å². The van der Waals surface area contributed by atoms with Gasteiger partial charge in [-0.2, -0.15) is 0 Å². The zero-order chi connectivity index (χ0) is 16.2. The highest BCUT2D eigenvalue weighted by Gasteiger charge is 2.33. The van der Waals surface area contributed by atoms with Crippen LogP contribution in [-0.2, 0) is 9.47 Å². The van der Waals surface area contributed by atoms with Crippen molar-refractivity contribution in [2.45, 2.75) is 6.10 Å². The molecule has 0 bridgehead atoms. The zero-order valence-electron chi connectivity index (χ0n) is 12.5. The number of halogens is 1. The van der Waals surface area contributed by atoms with E-state index >= 15 is 0 Å². The highest BCUT2D eigenvalue weighted by molar-refractivity contribution is 6.30. The van der Waals surface area contributed by atoms with Crippen LogP contribution in [0.15, 0.2) is 24.3 Å². The quantitative estimate of drug-likeness (QED) is 0.907. The summed E-state index contributed by atoms with van der Waals surface area (Å²) in [5.74, 6) is 0. The van der Waals surface area contributed by atoms with Crippen LogP contribution in [0.5, 0.6) is 0 Å². The molecule has 1 unspecified atom stereocenters. The molecule has 7 nitrogen and oxygen atoms in total. The molecule has 124 valence electrons. The zero-order valence-corrected chi connectivity index (χ0v) is 13.3. The number of piperazine rings is 1. The smallest absolute Gasteiger partial charge is 0.414 e. The molecule has 2 amide bonds. The maximum absolute atomic E-state index is 11.9. The predicted molar refractivity (Wildman–Crippen MR) is 84.9 cm³/mol. The number of benzene rings is 1. The van der Waals surface area contributed by atoms with Crippen LogP contribution in [-0.4, -0.2) is 62.5 Å². The van der Waals surface area contributed by atoms with Crippen molar-refractivity contribution in [2.24, 2.45) is 0 Å². The second-order valence-electron chi connectivity index (χ2n) is 5.41. The Morgan fingerprint density at radius 2 is 2.00 bits per heavy atom. The first kappa shape index (κ1) is 15.9. The van der Waals surface area contributed by atoms with E-state index in [0.717, 1.165) is 13.1 Å². The summed E-state index contributed by atoms with van der Waals surface area (Å²) in [5, 5.41) is 3.77. The summed E-state index contributed by atoms with van der Waals surface area (Å²) in [6.45, 7) is 3.17. The lowest BCUT2D eigenvalue weighted by Crippen LogP contribution is -2.47. The first-order valence-electron chi connectivity index (χ1n) is 7.49. The Bertz CT molecular complexity index is 575. The van der Waals surface area contributed by atoms with Gasteiger partial charge in [0.2, 0.25) is 0 Å². The number of cyclic esters (lactones) is 1. The molecule has 1 atom stereocenters. The SMILES string of the molecule is O=C(OCC1CN(c2ccc(Cl)cc2)C(=O)O1)N1CCNCC1. The van der Waals surface area contributed by atoms with Crippen molar-refractivity contribution in [3.05, 3.63) is 29.3 Å². The van der Waals surface area contributed by atoms with E-state index in [-0.39, 0.29) is 12.7 Å². The van der Waals surface area contributed by atoms with Gasteiger partial charge in [0.25, 0.3) is 0 Å². The Labute approximate surface area is 139 Å². The van der Waals surface area contributed by atoms with Gasteiger partial charge in [-0.05, 0) is 24.3 Å². The van der Waals surface area contributed by atoms with Gasteiger partial charge in [0.05, 0.1) is 6.54 Å². The monoisotopic (exact) mass is 339 g/mol. The Morgan fingerprint density at radius 1 is 1.30 bits per heavy atom. The van der Waals surface area contributed by atoms with Crippen LogP contribution in [0.4, 0.5) is 15.3 Å². The molecular weight excluding hydrogens is 322 g/mol.